The lowest BCUT2D eigenvalue weighted by molar-refractivity contribution is 0.0835. The van der Waals surface area contributed by atoms with E-state index in [1.54, 1.807) is 0 Å². The molecule has 2 heteroatoms. The molecule has 0 aromatic heterocycles. The van der Waals surface area contributed by atoms with Crippen molar-refractivity contribution in [1.29, 1.82) is 0 Å². The van der Waals surface area contributed by atoms with Crippen LogP contribution in [-0.2, 0) is 4.74 Å². The Kier molecular flexibility index (Phi) is 6.50. The molecule has 0 aromatic rings. The summed E-state index contributed by atoms with van der Waals surface area (Å²) in [6.07, 6.45) is 5.25. The van der Waals surface area contributed by atoms with Crippen LogP contribution >= 0.6 is 0 Å². The van der Waals surface area contributed by atoms with Crippen molar-refractivity contribution in [3.05, 3.63) is 0 Å². The molecule has 0 amide bonds. The van der Waals surface area contributed by atoms with Crippen molar-refractivity contribution >= 4 is 0 Å². The molecule has 1 N–H and O–H groups in total. The maximum absolute atomic E-state index is 5.77. The lowest BCUT2D eigenvalue weighted by Gasteiger charge is -2.30. The quantitative estimate of drug-likeness (QED) is 0.591. The lowest BCUT2D eigenvalue weighted by atomic mass is 9.81. The summed E-state index contributed by atoms with van der Waals surface area (Å²) in [6, 6.07) is 0. The van der Waals surface area contributed by atoms with Crippen molar-refractivity contribution in [3.63, 3.8) is 0 Å². The fraction of sp³-hybridized carbons (Fsp3) is 1.00. The second-order valence-electron chi connectivity index (χ2n) is 6.25. The van der Waals surface area contributed by atoms with Gasteiger partial charge in [0.1, 0.15) is 0 Å². The average Bonchev–Trinajstić information content (AvgIpc) is 3.09. The first-order chi connectivity index (χ1) is 8.08. The van der Waals surface area contributed by atoms with Crippen LogP contribution in [0.1, 0.15) is 53.4 Å². The van der Waals surface area contributed by atoms with Gasteiger partial charge in [0.15, 0.2) is 0 Å². The maximum atomic E-state index is 5.77. The monoisotopic (exact) mass is 241 g/mol. The van der Waals surface area contributed by atoms with Gasteiger partial charge >= 0.3 is 0 Å². The van der Waals surface area contributed by atoms with Crippen molar-refractivity contribution in [3.8, 4) is 0 Å². The third-order valence-corrected chi connectivity index (χ3v) is 4.00. The van der Waals surface area contributed by atoms with E-state index >= 15 is 0 Å². The first kappa shape index (κ1) is 15.0. The summed E-state index contributed by atoms with van der Waals surface area (Å²) in [6.45, 7) is 13.2. The minimum absolute atomic E-state index is 0.466. The molecule has 0 saturated heterocycles. The number of hydrogen-bond acceptors (Lipinski definition) is 2. The van der Waals surface area contributed by atoms with Crippen LogP contribution in [-0.4, -0.2) is 26.3 Å². The first-order valence-electron chi connectivity index (χ1n) is 7.37. The number of ether oxygens (including phenoxy) is 1. The third-order valence-electron chi connectivity index (χ3n) is 4.00. The van der Waals surface area contributed by atoms with E-state index < -0.39 is 0 Å². The van der Waals surface area contributed by atoms with Gasteiger partial charge in [0.05, 0.1) is 0 Å². The fourth-order valence-electron chi connectivity index (χ4n) is 2.35. The van der Waals surface area contributed by atoms with Crippen LogP contribution in [0.2, 0.25) is 0 Å². The molecule has 1 aliphatic rings. The van der Waals surface area contributed by atoms with Gasteiger partial charge in [0.25, 0.3) is 0 Å². The predicted octanol–water partition coefficient (Wildman–Crippen LogP) is 3.47. The topological polar surface area (TPSA) is 21.3 Å². The molecule has 0 heterocycles. The van der Waals surface area contributed by atoms with Gasteiger partial charge in [-0.05, 0) is 49.5 Å². The highest BCUT2D eigenvalue weighted by atomic mass is 16.5. The molecule has 0 bridgehead atoms. The zero-order valence-corrected chi connectivity index (χ0v) is 12.2. The Morgan fingerprint density at radius 1 is 1.29 bits per heavy atom. The standard InChI is InChI=1S/C15H31NO/c1-5-16-12-15(4,14-6-7-14)9-11-17-10-8-13(2)3/h13-14,16H,5-12H2,1-4H3. The van der Waals surface area contributed by atoms with Crippen LogP contribution in [0.4, 0.5) is 0 Å². The van der Waals surface area contributed by atoms with Crippen molar-refractivity contribution < 1.29 is 4.74 Å². The van der Waals surface area contributed by atoms with E-state index in [-0.39, 0.29) is 0 Å². The molecule has 1 saturated carbocycles. The van der Waals surface area contributed by atoms with Crippen LogP contribution in [0.25, 0.3) is 0 Å². The molecule has 102 valence electrons. The number of rotatable bonds is 10. The predicted molar refractivity (Wildman–Crippen MR) is 74.3 cm³/mol. The second-order valence-corrected chi connectivity index (χ2v) is 6.25. The van der Waals surface area contributed by atoms with Gasteiger partial charge in [0.2, 0.25) is 0 Å². The van der Waals surface area contributed by atoms with Gasteiger partial charge < -0.3 is 10.1 Å². The molecule has 1 fully saturated rings. The smallest absolute Gasteiger partial charge is 0.0471 e. The molecule has 0 aromatic carbocycles. The lowest BCUT2D eigenvalue weighted by Crippen LogP contribution is -2.34. The van der Waals surface area contributed by atoms with E-state index in [2.05, 4.69) is 33.0 Å². The highest BCUT2D eigenvalue weighted by molar-refractivity contribution is 4.92. The summed E-state index contributed by atoms with van der Waals surface area (Å²) in [5, 5.41) is 3.51. The molecule has 0 spiro atoms. The Morgan fingerprint density at radius 2 is 2.00 bits per heavy atom. The zero-order valence-electron chi connectivity index (χ0n) is 12.2. The van der Waals surface area contributed by atoms with E-state index in [4.69, 9.17) is 4.74 Å². The second kappa shape index (κ2) is 7.38. The summed E-state index contributed by atoms with van der Waals surface area (Å²) in [5.74, 6) is 1.70. The zero-order chi connectivity index (χ0) is 12.7. The summed E-state index contributed by atoms with van der Waals surface area (Å²) in [5.41, 5.74) is 0.466. The van der Waals surface area contributed by atoms with Gasteiger partial charge in [-0.25, -0.2) is 0 Å². The van der Waals surface area contributed by atoms with Crippen LogP contribution in [0.5, 0.6) is 0 Å². The highest BCUT2D eigenvalue weighted by Crippen LogP contribution is 2.47. The molecule has 0 aliphatic heterocycles. The molecule has 17 heavy (non-hydrogen) atoms. The molecule has 1 rings (SSSR count). The summed E-state index contributed by atoms with van der Waals surface area (Å²) in [7, 11) is 0. The van der Waals surface area contributed by atoms with Crippen molar-refractivity contribution in [2.45, 2.75) is 53.4 Å². The van der Waals surface area contributed by atoms with Gasteiger partial charge in [-0.2, -0.15) is 0 Å². The molecular formula is C15H31NO. The van der Waals surface area contributed by atoms with Crippen molar-refractivity contribution in [2.24, 2.45) is 17.3 Å². The fourth-order valence-corrected chi connectivity index (χ4v) is 2.35. The largest absolute Gasteiger partial charge is 0.381 e. The SMILES string of the molecule is CCNCC(C)(CCOCCC(C)C)C1CC1. The molecule has 1 aliphatic carbocycles. The minimum Gasteiger partial charge on any atom is -0.381 e. The molecule has 1 atom stereocenters. The summed E-state index contributed by atoms with van der Waals surface area (Å²) < 4.78 is 5.77. The van der Waals surface area contributed by atoms with Gasteiger partial charge in [-0.1, -0.05) is 27.7 Å². The Hall–Kier alpha value is -0.0800. The number of hydrogen-bond donors (Lipinski definition) is 1. The van der Waals surface area contributed by atoms with Gasteiger partial charge in [-0.3, -0.25) is 0 Å². The van der Waals surface area contributed by atoms with Crippen molar-refractivity contribution in [1.82, 2.24) is 5.32 Å². The van der Waals surface area contributed by atoms with Crippen molar-refractivity contribution in [2.75, 3.05) is 26.3 Å². The summed E-state index contributed by atoms with van der Waals surface area (Å²) in [4.78, 5) is 0. The van der Waals surface area contributed by atoms with Crippen LogP contribution in [0, 0.1) is 17.3 Å². The van der Waals surface area contributed by atoms with Crippen LogP contribution in [0.3, 0.4) is 0 Å². The van der Waals surface area contributed by atoms with Gasteiger partial charge in [0, 0.05) is 19.8 Å². The van der Waals surface area contributed by atoms with E-state index in [0.717, 1.165) is 38.1 Å². The Labute approximate surface area is 108 Å². The Morgan fingerprint density at radius 3 is 2.53 bits per heavy atom. The van der Waals surface area contributed by atoms with Crippen LogP contribution < -0.4 is 5.32 Å². The van der Waals surface area contributed by atoms with Gasteiger partial charge in [-0.15, -0.1) is 0 Å². The van der Waals surface area contributed by atoms with E-state index in [1.807, 2.05) is 0 Å². The molecular weight excluding hydrogens is 210 g/mol. The average molecular weight is 241 g/mol. The van der Waals surface area contributed by atoms with Crippen LogP contribution in [0.15, 0.2) is 0 Å². The Bertz CT molecular complexity index is 201. The van der Waals surface area contributed by atoms with E-state index in [9.17, 15) is 0 Å². The first-order valence-corrected chi connectivity index (χ1v) is 7.37. The van der Waals surface area contributed by atoms with E-state index in [0.29, 0.717) is 5.41 Å². The molecule has 2 nitrogen and oxygen atoms in total. The Balaban J connectivity index is 2.15. The summed E-state index contributed by atoms with van der Waals surface area (Å²) >= 11 is 0. The normalized spacial score (nSPS) is 19.6. The van der Waals surface area contributed by atoms with E-state index in [1.165, 1.54) is 25.7 Å². The highest BCUT2D eigenvalue weighted by Gasteiger charge is 2.40. The molecule has 0 radical (unpaired) electrons. The number of nitrogens with one attached hydrogen (secondary N) is 1. The maximum Gasteiger partial charge on any atom is 0.0471 e. The minimum atomic E-state index is 0.466. The third kappa shape index (κ3) is 5.87. The molecule has 1 unspecified atom stereocenters.